The van der Waals surface area contributed by atoms with Gasteiger partial charge >= 0.3 is 0 Å². The number of halogens is 3. The van der Waals surface area contributed by atoms with Crippen LogP contribution in [0.25, 0.3) is 0 Å². The van der Waals surface area contributed by atoms with Crippen LogP contribution in [0.1, 0.15) is 19.3 Å². The lowest BCUT2D eigenvalue weighted by Gasteiger charge is -2.35. The summed E-state index contributed by atoms with van der Waals surface area (Å²) in [7, 11) is -3.79. The fraction of sp³-hybridized carbons (Fsp3) is 0.588. The van der Waals surface area contributed by atoms with Crippen LogP contribution in [0, 0.1) is 0 Å². The number of hydrogen-bond acceptors (Lipinski definition) is 4. The second-order valence-corrected chi connectivity index (χ2v) is 10.4. The molecule has 1 aromatic carbocycles. The zero-order valence-electron chi connectivity index (χ0n) is 14.8. The molecule has 0 atom stereocenters. The van der Waals surface area contributed by atoms with Crippen LogP contribution < -0.4 is 0 Å². The molecule has 1 amide bonds. The molecule has 2 aliphatic rings. The van der Waals surface area contributed by atoms with Gasteiger partial charge in [0, 0.05) is 43.7 Å². The molecule has 2 saturated heterocycles. The first kappa shape index (κ1) is 21.3. The first-order valence-electron chi connectivity index (χ1n) is 8.94. The van der Waals surface area contributed by atoms with E-state index < -0.39 is 10.0 Å². The van der Waals surface area contributed by atoms with E-state index in [-0.39, 0.29) is 20.8 Å². The minimum Gasteiger partial charge on any atom is -0.342 e. The van der Waals surface area contributed by atoms with Gasteiger partial charge in [-0.05, 0) is 31.4 Å². The number of sulfonamides is 1. The quantitative estimate of drug-likeness (QED) is 0.640. The van der Waals surface area contributed by atoms with Crippen LogP contribution in [-0.2, 0) is 14.8 Å². The van der Waals surface area contributed by atoms with E-state index in [0.29, 0.717) is 37.2 Å². The summed E-state index contributed by atoms with van der Waals surface area (Å²) in [5.41, 5.74) is 0. The second kappa shape index (κ2) is 8.97. The van der Waals surface area contributed by atoms with Crippen LogP contribution in [0.15, 0.2) is 21.5 Å². The summed E-state index contributed by atoms with van der Waals surface area (Å²) < 4.78 is 27.9. The normalized spacial score (nSPS) is 20.0. The molecule has 0 N–H and O–H groups in total. The summed E-state index contributed by atoms with van der Waals surface area (Å²) in [6.07, 6.45) is 3.31. The van der Waals surface area contributed by atoms with Gasteiger partial charge in [0.1, 0.15) is 4.90 Å². The van der Waals surface area contributed by atoms with Crippen molar-refractivity contribution in [2.75, 3.05) is 45.8 Å². The predicted octanol–water partition coefficient (Wildman–Crippen LogP) is 3.07. The van der Waals surface area contributed by atoms with Crippen molar-refractivity contribution < 1.29 is 13.2 Å². The van der Waals surface area contributed by atoms with Gasteiger partial charge in [-0.2, -0.15) is 4.31 Å². The van der Waals surface area contributed by atoms with E-state index in [2.05, 4.69) is 15.9 Å². The third-order valence-electron chi connectivity index (χ3n) is 4.96. The van der Waals surface area contributed by atoms with Crippen LogP contribution in [0.3, 0.4) is 0 Å². The molecule has 2 heterocycles. The van der Waals surface area contributed by atoms with E-state index in [0.717, 1.165) is 25.9 Å². The topological polar surface area (TPSA) is 60.9 Å². The smallest absolute Gasteiger partial charge is 0.246 e. The van der Waals surface area contributed by atoms with E-state index in [1.807, 2.05) is 9.80 Å². The number of likely N-dealkylation sites (tertiary alicyclic amines) is 1. The maximum Gasteiger partial charge on any atom is 0.246 e. The fourth-order valence-electron chi connectivity index (χ4n) is 3.47. The van der Waals surface area contributed by atoms with Crippen LogP contribution in [0.2, 0.25) is 10.0 Å². The standard InChI is InChI=1S/C17H22BrCl2N3O3S/c18-13-10-14(19)17(15(20)11-13)27(25,26)23-8-6-21(7-9-23)12-16(24)22-4-2-1-3-5-22/h10-11H,1-9,12H2. The highest BCUT2D eigenvalue weighted by Gasteiger charge is 2.33. The summed E-state index contributed by atoms with van der Waals surface area (Å²) >= 11 is 15.5. The number of piperazine rings is 1. The maximum atomic E-state index is 13.0. The second-order valence-electron chi connectivity index (χ2n) is 6.82. The summed E-state index contributed by atoms with van der Waals surface area (Å²) in [5.74, 6) is 0.130. The van der Waals surface area contributed by atoms with Crippen LogP contribution in [0.5, 0.6) is 0 Å². The van der Waals surface area contributed by atoms with Crippen molar-refractivity contribution in [3.05, 3.63) is 26.7 Å². The molecule has 6 nitrogen and oxygen atoms in total. The van der Waals surface area contributed by atoms with Crippen molar-refractivity contribution in [3.8, 4) is 0 Å². The summed E-state index contributed by atoms with van der Waals surface area (Å²) in [5, 5.41) is 0.189. The Bertz CT molecular complexity index is 785. The molecule has 2 fully saturated rings. The average molecular weight is 499 g/mol. The molecule has 3 rings (SSSR count). The molecular formula is C17H22BrCl2N3O3S. The van der Waals surface area contributed by atoms with Crippen molar-refractivity contribution in [2.24, 2.45) is 0 Å². The Morgan fingerprint density at radius 1 is 0.963 bits per heavy atom. The zero-order chi connectivity index (χ0) is 19.6. The highest BCUT2D eigenvalue weighted by molar-refractivity contribution is 9.10. The molecule has 0 aromatic heterocycles. The van der Waals surface area contributed by atoms with Crippen LogP contribution in [0.4, 0.5) is 0 Å². The first-order chi connectivity index (χ1) is 12.8. The predicted molar refractivity (Wildman–Crippen MR) is 110 cm³/mol. The maximum absolute atomic E-state index is 13.0. The number of carbonyl (C=O) groups is 1. The molecule has 150 valence electrons. The summed E-state index contributed by atoms with van der Waals surface area (Å²) in [6.45, 7) is 3.61. The van der Waals surface area contributed by atoms with Gasteiger partial charge in [0.2, 0.25) is 15.9 Å². The minimum atomic E-state index is -3.79. The number of benzene rings is 1. The lowest BCUT2D eigenvalue weighted by molar-refractivity contribution is -0.133. The molecule has 1 aromatic rings. The third-order valence-corrected chi connectivity index (χ3v) is 8.24. The monoisotopic (exact) mass is 497 g/mol. The van der Waals surface area contributed by atoms with Gasteiger partial charge in [0.05, 0.1) is 16.6 Å². The number of hydrogen-bond donors (Lipinski definition) is 0. The van der Waals surface area contributed by atoms with E-state index in [9.17, 15) is 13.2 Å². The first-order valence-corrected chi connectivity index (χ1v) is 11.9. The zero-order valence-corrected chi connectivity index (χ0v) is 18.7. The Morgan fingerprint density at radius 3 is 2.07 bits per heavy atom. The lowest BCUT2D eigenvalue weighted by Crippen LogP contribution is -2.52. The Hall–Kier alpha value is -0.380. The molecule has 0 spiro atoms. The van der Waals surface area contributed by atoms with Gasteiger partial charge in [-0.15, -0.1) is 0 Å². The molecule has 0 aliphatic carbocycles. The molecule has 0 radical (unpaired) electrons. The van der Waals surface area contributed by atoms with Crippen molar-refractivity contribution in [1.82, 2.24) is 14.1 Å². The highest BCUT2D eigenvalue weighted by Crippen LogP contribution is 2.35. The summed E-state index contributed by atoms with van der Waals surface area (Å²) in [6, 6.07) is 3.04. The Kier molecular flexibility index (Phi) is 7.08. The molecular weight excluding hydrogens is 477 g/mol. The number of rotatable bonds is 4. The third kappa shape index (κ3) is 4.97. The number of amides is 1. The van der Waals surface area contributed by atoms with Gasteiger partial charge in [-0.1, -0.05) is 39.1 Å². The molecule has 0 bridgehead atoms. The van der Waals surface area contributed by atoms with E-state index >= 15 is 0 Å². The highest BCUT2D eigenvalue weighted by atomic mass is 79.9. The largest absolute Gasteiger partial charge is 0.342 e. The van der Waals surface area contributed by atoms with E-state index in [4.69, 9.17) is 23.2 Å². The number of carbonyl (C=O) groups excluding carboxylic acids is 1. The van der Waals surface area contributed by atoms with Gasteiger partial charge in [0.25, 0.3) is 0 Å². The Balaban J connectivity index is 1.62. The van der Waals surface area contributed by atoms with Crippen molar-refractivity contribution in [2.45, 2.75) is 24.2 Å². The van der Waals surface area contributed by atoms with E-state index in [1.165, 1.54) is 22.9 Å². The molecule has 10 heteroatoms. The lowest BCUT2D eigenvalue weighted by atomic mass is 10.1. The van der Waals surface area contributed by atoms with Gasteiger partial charge in [0.15, 0.2) is 0 Å². The molecule has 0 unspecified atom stereocenters. The minimum absolute atomic E-state index is 0.0631. The van der Waals surface area contributed by atoms with Crippen LogP contribution >= 0.6 is 39.1 Å². The molecule has 0 saturated carbocycles. The van der Waals surface area contributed by atoms with E-state index in [1.54, 1.807) is 0 Å². The van der Waals surface area contributed by atoms with Crippen LogP contribution in [-0.4, -0.2) is 74.2 Å². The van der Waals surface area contributed by atoms with Gasteiger partial charge in [-0.25, -0.2) is 8.42 Å². The van der Waals surface area contributed by atoms with Crippen molar-refractivity contribution >= 4 is 55.1 Å². The Labute approximate surface area is 178 Å². The molecule has 2 aliphatic heterocycles. The Morgan fingerprint density at radius 2 is 1.52 bits per heavy atom. The number of nitrogens with zero attached hydrogens (tertiary/aromatic N) is 3. The van der Waals surface area contributed by atoms with Crippen molar-refractivity contribution in [3.63, 3.8) is 0 Å². The van der Waals surface area contributed by atoms with Crippen molar-refractivity contribution in [1.29, 1.82) is 0 Å². The van der Waals surface area contributed by atoms with Gasteiger partial charge < -0.3 is 4.90 Å². The SMILES string of the molecule is O=C(CN1CCN(S(=O)(=O)c2c(Cl)cc(Br)cc2Cl)CC1)N1CCCCC1. The number of piperidine rings is 1. The summed E-state index contributed by atoms with van der Waals surface area (Å²) in [4.78, 5) is 16.3. The average Bonchev–Trinajstić information content (AvgIpc) is 2.61. The van der Waals surface area contributed by atoms with Gasteiger partial charge in [-0.3, -0.25) is 9.69 Å². The molecule has 27 heavy (non-hydrogen) atoms. The fourth-order valence-corrected chi connectivity index (χ4v) is 6.77.